The number of Topliss-reactive ketones (excluding diaryl/α,β-unsaturated/α-hetero) is 1. The van der Waals surface area contributed by atoms with Gasteiger partial charge >= 0.3 is 0 Å². The standard InChI is InChI=1S/C20H23NO5/c1-23-16-6-5-11(7-15(16)21)13-10-14(13)19(22)12-8-17(24-2)20(26-4)18(9-12)25-3/h5-9,13-14H,10,21H2,1-4H3. The molecule has 0 aromatic heterocycles. The second kappa shape index (κ2) is 7.15. The molecule has 2 aromatic rings. The van der Waals surface area contributed by atoms with Crippen molar-refractivity contribution in [1.82, 2.24) is 0 Å². The number of carbonyl (C=O) groups is 1. The number of benzene rings is 2. The highest BCUT2D eigenvalue weighted by atomic mass is 16.5. The Morgan fingerprint density at radius 3 is 2.04 bits per heavy atom. The van der Waals surface area contributed by atoms with Gasteiger partial charge in [-0.25, -0.2) is 0 Å². The first-order valence-corrected chi connectivity index (χ1v) is 8.31. The van der Waals surface area contributed by atoms with E-state index >= 15 is 0 Å². The molecule has 6 heteroatoms. The molecule has 2 atom stereocenters. The lowest BCUT2D eigenvalue weighted by Crippen LogP contribution is -2.06. The quantitative estimate of drug-likeness (QED) is 0.605. The minimum absolute atomic E-state index is 0.0589. The lowest BCUT2D eigenvalue weighted by Gasteiger charge is -2.13. The van der Waals surface area contributed by atoms with Crippen LogP contribution in [0.2, 0.25) is 0 Å². The van der Waals surface area contributed by atoms with E-state index in [2.05, 4.69) is 0 Å². The molecule has 1 aliphatic rings. The summed E-state index contributed by atoms with van der Waals surface area (Å²) in [5, 5.41) is 0. The first kappa shape index (κ1) is 17.9. The number of carbonyl (C=O) groups excluding carboxylic acids is 1. The van der Waals surface area contributed by atoms with Gasteiger partial charge in [0.15, 0.2) is 17.3 Å². The van der Waals surface area contributed by atoms with Crippen LogP contribution in [0.3, 0.4) is 0 Å². The number of methoxy groups -OCH3 is 4. The van der Waals surface area contributed by atoms with Gasteiger partial charge in [-0.3, -0.25) is 4.79 Å². The molecule has 2 aromatic carbocycles. The summed E-state index contributed by atoms with van der Waals surface area (Å²) in [5.41, 5.74) is 8.16. The predicted molar refractivity (Wildman–Crippen MR) is 98.7 cm³/mol. The van der Waals surface area contributed by atoms with Crippen LogP contribution in [0.1, 0.15) is 28.3 Å². The molecule has 1 saturated carbocycles. The molecule has 1 fully saturated rings. The Morgan fingerprint density at radius 2 is 1.54 bits per heavy atom. The zero-order chi connectivity index (χ0) is 18.8. The van der Waals surface area contributed by atoms with Crippen molar-refractivity contribution in [2.24, 2.45) is 5.92 Å². The summed E-state index contributed by atoms with van der Waals surface area (Å²) in [6.45, 7) is 0. The monoisotopic (exact) mass is 357 g/mol. The van der Waals surface area contributed by atoms with E-state index in [0.29, 0.717) is 34.2 Å². The average Bonchev–Trinajstić information content (AvgIpc) is 3.46. The Kier molecular flexibility index (Phi) is 4.93. The van der Waals surface area contributed by atoms with Crippen LogP contribution in [0.15, 0.2) is 30.3 Å². The topological polar surface area (TPSA) is 80.0 Å². The van der Waals surface area contributed by atoms with Crippen molar-refractivity contribution in [2.45, 2.75) is 12.3 Å². The highest BCUT2D eigenvalue weighted by Crippen LogP contribution is 2.51. The van der Waals surface area contributed by atoms with Crippen LogP contribution in [0, 0.1) is 5.92 Å². The minimum atomic E-state index is -0.0781. The summed E-state index contributed by atoms with van der Waals surface area (Å²) in [6, 6.07) is 9.07. The van der Waals surface area contributed by atoms with Crippen molar-refractivity contribution in [3.8, 4) is 23.0 Å². The van der Waals surface area contributed by atoms with Gasteiger partial charge in [-0.05, 0) is 42.2 Å². The number of hydrogen-bond donors (Lipinski definition) is 1. The van der Waals surface area contributed by atoms with Gasteiger partial charge in [0.05, 0.1) is 34.1 Å². The molecule has 6 nitrogen and oxygen atoms in total. The summed E-state index contributed by atoms with van der Waals surface area (Å²) in [4.78, 5) is 12.9. The number of ether oxygens (including phenoxy) is 4. The van der Waals surface area contributed by atoms with E-state index in [1.807, 2.05) is 18.2 Å². The molecule has 0 spiro atoms. The fourth-order valence-corrected chi connectivity index (χ4v) is 3.27. The normalized spacial score (nSPS) is 18.2. The second-order valence-corrected chi connectivity index (χ2v) is 6.23. The maximum atomic E-state index is 12.9. The Bertz CT molecular complexity index is 808. The zero-order valence-corrected chi connectivity index (χ0v) is 15.4. The maximum absolute atomic E-state index is 12.9. The molecule has 2 N–H and O–H groups in total. The number of nitrogen functional groups attached to an aromatic ring is 1. The van der Waals surface area contributed by atoms with Gasteiger partial charge in [0.25, 0.3) is 0 Å². The van der Waals surface area contributed by atoms with Crippen molar-refractivity contribution in [1.29, 1.82) is 0 Å². The van der Waals surface area contributed by atoms with Gasteiger partial charge in [-0.15, -0.1) is 0 Å². The van der Waals surface area contributed by atoms with Gasteiger partial charge in [0.1, 0.15) is 5.75 Å². The average molecular weight is 357 g/mol. The predicted octanol–water partition coefficient (Wildman–Crippen LogP) is 3.29. The summed E-state index contributed by atoms with van der Waals surface area (Å²) in [6.07, 6.45) is 0.793. The van der Waals surface area contributed by atoms with Crippen molar-refractivity contribution in [2.75, 3.05) is 34.2 Å². The molecule has 3 rings (SSSR count). The van der Waals surface area contributed by atoms with Crippen LogP contribution in [-0.2, 0) is 0 Å². The second-order valence-electron chi connectivity index (χ2n) is 6.23. The van der Waals surface area contributed by atoms with Gasteiger partial charge in [0, 0.05) is 11.5 Å². The molecule has 0 radical (unpaired) electrons. The van der Waals surface area contributed by atoms with Crippen LogP contribution >= 0.6 is 0 Å². The van der Waals surface area contributed by atoms with E-state index in [1.54, 1.807) is 19.2 Å². The van der Waals surface area contributed by atoms with Gasteiger partial charge < -0.3 is 24.7 Å². The maximum Gasteiger partial charge on any atom is 0.203 e. The summed E-state index contributed by atoms with van der Waals surface area (Å²) < 4.78 is 21.2. The van der Waals surface area contributed by atoms with E-state index in [1.165, 1.54) is 21.3 Å². The Labute approximate surface area is 152 Å². The van der Waals surface area contributed by atoms with Gasteiger partial charge in [-0.1, -0.05) is 6.07 Å². The van der Waals surface area contributed by atoms with Crippen molar-refractivity contribution in [3.05, 3.63) is 41.5 Å². The zero-order valence-electron chi connectivity index (χ0n) is 15.4. The Hall–Kier alpha value is -2.89. The smallest absolute Gasteiger partial charge is 0.203 e. The Morgan fingerprint density at radius 1 is 0.923 bits per heavy atom. The van der Waals surface area contributed by atoms with Gasteiger partial charge in [-0.2, -0.15) is 0 Å². The lowest BCUT2D eigenvalue weighted by molar-refractivity contribution is 0.0964. The molecule has 0 bridgehead atoms. The number of nitrogens with two attached hydrogens (primary N) is 1. The van der Waals surface area contributed by atoms with E-state index in [4.69, 9.17) is 24.7 Å². The molecule has 2 unspecified atom stereocenters. The molecule has 0 heterocycles. The highest BCUT2D eigenvalue weighted by molar-refractivity contribution is 6.01. The molecule has 1 aliphatic carbocycles. The third kappa shape index (κ3) is 3.14. The molecule has 26 heavy (non-hydrogen) atoms. The first-order valence-electron chi connectivity index (χ1n) is 8.31. The number of rotatable bonds is 7. The third-order valence-corrected chi connectivity index (χ3v) is 4.76. The highest BCUT2D eigenvalue weighted by Gasteiger charge is 2.44. The number of anilines is 1. The van der Waals surface area contributed by atoms with E-state index < -0.39 is 0 Å². The van der Waals surface area contributed by atoms with Crippen LogP contribution in [0.25, 0.3) is 0 Å². The molecular weight excluding hydrogens is 334 g/mol. The lowest BCUT2D eigenvalue weighted by atomic mass is 10.0. The fourth-order valence-electron chi connectivity index (χ4n) is 3.27. The Balaban J connectivity index is 1.84. The van der Waals surface area contributed by atoms with E-state index in [-0.39, 0.29) is 17.6 Å². The van der Waals surface area contributed by atoms with Crippen molar-refractivity contribution < 1.29 is 23.7 Å². The van der Waals surface area contributed by atoms with E-state index in [0.717, 1.165) is 12.0 Å². The van der Waals surface area contributed by atoms with Crippen molar-refractivity contribution in [3.63, 3.8) is 0 Å². The summed E-state index contributed by atoms with van der Waals surface area (Å²) in [7, 11) is 6.18. The molecule has 0 amide bonds. The molecule has 0 saturated heterocycles. The van der Waals surface area contributed by atoms with Crippen LogP contribution < -0.4 is 24.7 Å². The van der Waals surface area contributed by atoms with Crippen LogP contribution in [0.5, 0.6) is 23.0 Å². The SMILES string of the molecule is COc1ccc(C2CC2C(=O)c2cc(OC)c(OC)c(OC)c2)cc1N. The van der Waals surface area contributed by atoms with E-state index in [9.17, 15) is 4.79 Å². The molecule has 0 aliphatic heterocycles. The van der Waals surface area contributed by atoms with Gasteiger partial charge in [0.2, 0.25) is 5.75 Å². The largest absolute Gasteiger partial charge is 0.495 e. The first-order chi connectivity index (χ1) is 12.5. The van der Waals surface area contributed by atoms with Crippen molar-refractivity contribution >= 4 is 11.5 Å². The van der Waals surface area contributed by atoms with Crippen LogP contribution in [-0.4, -0.2) is 34.2 Å². The summed E-state index contributed by atoms with van der Waals surface area (Å²) in [5.74, 6) is 2.20. The fraction of sp³-hybridized carbons (Fsp3) is 0.350. The minimum Gasteiger partial charge on any atom is -0.495 e. The van der Waals surface area contributed by atoms with Crippen LogP contribution in [0.4, 0.5) is 5.69 Å². The number of hydrogen-bond acceptors (Lipinski definition) is 6. The number of ketones is 1. The summed E-state index contributed by atoms with van der Waals surface area (Å²) >= 11 is 0. The molecular formula is C20H23NO5. The molecule has 138 valence electrons. The third-order valence-electron chi connectivity index (χ3n) is 4.76.